The van der Waals surface area contributed by atoms with E-state index in [0.29, 0.717) is 3.57 Å². The van der Waals surface area contributed by atoms with Gasteiger partial charge in [0.25, 0.3) is 22.6 Å². The van der Waals surface area contributed by atoms with E-state index >= 15 is 0 Å². The van der Waals surface area contributed by atoms with E-state index in [4.69, 9.17) is 0 Å². The number of halogens is 4. The van der Waals surface area contributed by atoms with E-state index in [1.165, 1.54) is 12.8 Å². The normalized spacial score (nSPS) is 15.5. The summed E-state index contributed by atoms with van der Waals surface area (Å²) in [5.74, 6) is 0.808. The zero-order valence-corrected chi connectivity index (χ0v) is 14.6. The zero-order chi connectivity index (χ0) is 11.8. The van der Waals surface area contributed by atoms with Crippen molar-refractivity contribution in [3.8, 4) is 0 Å². The number of rotatable bonds is 3. The van der Waals surface area contributed by atoms with E-state index in [1.54, 1.807) is 28.7 Å². The number of aryl methyl sites for hydroxylation is 1. The first-order valence-electron chi connectivity index (χ1n) is 5.26. The zero-order valence-electron chi connectivity index (χ0n) is 9.31. The van der Waals surface area contributed by atoms with Gasteiger partial charge in [-0.15, -0.1) is 11.6 Å². The molecule has 0 unspecified atom stereocenters. The third-order valence-electron chi connectivity index (χ3n) is 2.82. The summed E-state index contributed by atoms with van der Waals surface area (Å²) in [7, 11) is 0. The quantitative estimate of drug-likeness (QED) is 0.386. The van der Waals surface area contributed by atoms with E-state index in [-0.39, 0.29) is 19.5 Å². The largest absolute Gasteiger partial charge is 0.394 e. The van der Waals surface area contributed by atoms with Crippen LogP contribution in [0.25, 0.3) is 0 Å². The smallest absolute Gasteiger partial charge is 0.168 e. The first-order valence-corrected chi connectivity index (χ1v) is 6.43. The van der Waals surface area contributed by atoms with Crippen molar-refractivity contribution in [3.63, 3.8) is 0 Å². The van der Waals surface area contributed by atoms with Crippen LogP contribution in [0, 0.1) is 15.6 Å². The van der Waals surface area contributed by atoms with Gasteiger partial charge in [-0.25, -0.2) is 0 Å². The van der Waals surface area contributed by atoms with Crippen molar-refractivity contribution in [3.05, 3.63) is 32.9 Å². The predicted molar refractivity (Wildman–Crippen MR) is 51.4 cm³/mol. The molecule has 0 radical (unpaired) electrons. The third-order valence-corrected chi connectivity index (χ3v) is 3.85. The Morgan fingerprint density at radius 1 is 1.29 bits per heavy atom. The minimum Gasteiger partial charge on any atom is -0.168 e. The second-order valence-electron chi connectivity index (χ2n) is 4.21. The summed E-state index contributed by atoms with van der Waals surface area (Å²) in [5.41, 5.74) is 0.340. The van der Waals surface area contributed by atoms with Crippen LogP contribution in [0.4, 0.5) is 13.2 Å². The fourth-order valence-electron chi connectivity index (χ4n) is 1.63. The summed E-state index contributed by atoms with van der Waals surface area (Å²) in [6, 6.07) is 5.17. The van der Waals surface area contributed by atoms with E-state index < -0.39 is 11.7 Å². The Bertz CT molecular complexity index is 386. The maximum absolute atomic E-state index is 12.4. The van der Waals surface area contributed by atoms with Crippen molar-refractivity contribution in [1.29, 1.82) is 0 Å². The second kappa shape index (κ2) is 6.00. The first kappa shape index (κ1) is 15.4. The minimum atomic E-state index is -4.28. The monoisotopic (exact) mass is 404 g/mol. The molecule has 0 bridgehead atoms. The molecule has 1 aromatic carbocycles. The van der Waals surface area contributed by atoms with Gasteiger partial charge in [0.1, 0.15) is 0 Å². The average molecular weight is 406 g/mol. The fourth-order valence-corrected chi connectivity index (χ4v) is 2.43. The average Bonchev–Trinajstić information content (AvgIpc) is 2.98. The molecule has 0 N–H and O–H groups in total. The standard InChI is InChI=1S/C12H12F3I.Zn/c13-12(14,15)10-6-5-9(11(16)7-10)4-3-8-1-2-8;/h5-6,8,16H,1-4H2;. The first-order chi connectivity index (χ1) is 7.47. The minimum absolute atomic E-state index is 0. The van der Waals surface area contributed by atoms with Gasteiger partial charge in [0, 0.05) is 19.5 Å². The molecular formula is C12H12F3IZn. The molecular weight excluding hydrogens is 393 g/mol. The van der Waals surface area contributed by atoms with Crippen molar-refractivity contribution < 1.29 is 55.2 Å². The molecule has 90 valence electrons. The summed E-state index contributed by atoms with van der Waals surface area (Å²) >= 11 is 1.63. The molecule has 1 fully saturated rings. The molecule has 17 heavy (non-hydrogen) atoms. The van der Waals surface area contributed by atoms with E-state index in [1.807, 2.05) is 0 Å². The molecule has 0 heterocycles. The van der Waals surface area contributed by atoms with Crippen LogP contribution in [-0.4, -0.2) is 0 Å². The summed E-state index contributed by atoms with van der Waals surface area (Å²) in [4.78, 5) is 0. The molecule has 1 aliphatic rings. The van der Waals surface area contributed by atoms with Gasteiger partial charge in [-0.3, -0.25) is 0 Å². The van der Waals surface area contributed by atoms with Crippen molar-refractivity contribution in [2.24, 2.45) is 5.92 Å². The topological polar surface area (TPSA) is 0 Å². The molecule has 0 atom stereocenters. The van der Waals surface area contributed by atoms with Crippen molar-refractivity contribution in [1.82, 2.24) is 0 Å². The van der Waals surface area contributed by atoms with Crippen LogP contribution >= 0.6 is 0 Å². The molecule has 0 aromatic heterocycles. The maximum Gasteiger partial charge on any atom is 0.394 e. The Balaban J connectivity index is 0.00000144. The van der Waals surface area contributed by atoms with Crippen LogP contribution < -0.4 is 22.6 Å². The summed E-state index contributed by atoms with van der Waals surface area (Å²) in [6.07, 6.45) is 0.269. The van der Waals surface area contributed by atoms with Gasteiger partial charge in [-0.2, -0.15) is 25.3 Å². The molecule has 0 aliphatic heterocycles. The second-order valence-corrected chi connectivity index (χ2v) is 5.37. The Labute approximate surface area is 125 Å². The van der Waals surface area contributed by atoms with E-state index in [2.05, 4.69) is 6.07 Å². The SMILES string of the molecule is FC(F)(F)c1[c-]c([IH+])c(CCC2CC2)cc1.[Zn]. The molecule has 0 amide bonds. The van der Waals surface area contributed by atoms with Crippen molar-refractivity contribution in [2.45, 2.75) is 31.9 Å². The Morgan fingerprint density at radius 3 is 2.41 bits per heavy atom. The van der Waals surface area contributed by atoms with Crippen molar-refractivity contribution >= 4 is 0 Å². The molecule has 1 aliphatic carbocycles. The van der Waals surface area contributed by atoms with Gasteiger partial charge in [-0.05, 0) is 5.92 Å². The summed E-state index contributed by atoms with van der Waals surface area (Å²) in [6.45, 7) is 0. The molecule has 1 aromatic rings. The van der Waals surface area contributed by atoms with E-state index in [0.717, 1.165) is 30.4 Å². The Kier molecular flexibility index (Phi) is 5.45. The number of hydrogen-bond donors (Lipinski definition) is 0. The molecule has 5 heteroatoms. The van der Waals surface area contributed by atoms with Gasteiger partial charge in [0.2, 0.25) is 0 Å². The molecule has 0 nitrogen and oxygen atoms in total. The summed E-state index contributed by atoms with van der Waals surface area (Å²) in [5, 5.41) is 0. The molecule has 0 saturated heterocycles. The van der Waals surface area contributed by atoms with Gasteiger partial charge < -0.3 is 0 Å². The van der Waals surface area contributed by atoms with Crippen LogP contribution in [0.3, 0.4) is 0 Å². The van der Waals surface area contributed by atoms with Crippen LogP contribution in [0.1, 0.15) is 30.4 Å². The van der Waals surface area contributed by atoms with Crippen LogP contribution in [0.15, 0.2) is 12.1 Å². The fraction of sp³-hybridized carbons (Fsp3) is 0.500. The van der Waals surface area contributed by atoms with Gasteiger partial charge in [0.15, 0.2) is 0 Å². The van der Waals surface area contributed by atoms with Crippen molar-refractivity contribution in [2.75, 3.05) is 0 Å². The Morgan fingerprint density at radius 2 is 1.94 bits per heavy atom. The van der Waals surface area contributed by atoms with Crippen LogP contribution in [-0.2, 0) is 32.1 Å². The van der Waals surface area contributed by atoms with Crippen LogP contribution in [0.5, 0.6) is 0 Å². The number of benzene rings is 1. The number of hydrogen-bond acceptors (Lipinski definition) is 0. The van der Waals surface area contributed by atoms with Gasteiger partial charge in [0.05, 0.1) is 3.57 Å². The molecule has 2 rings (SSSR count). The molecule has 1 saturated carbocycles. The third kappa shape index (κ3) is 4.51. The van der Waals surface area contributed by atoms with Gasteiger partial charge >= 0.3 is 6.18 Å². The predicted octanol–water partition coefficient (Wildman–Crippen LogP) is 0.301. The molecule has 0 spiro atoms. The maximum atomic E-state index is 12.4. The van der Waals surface area contributed by atoms with E-state index in [9.17, 15) is 13.2 Å². The summed E-state index contributed by atoms with van der Waals surface area (Å²) < 4.78 is 37.8. The van der Waals surface area contributed by atoms with Gasteiger partial charge in [-0.1, -0.05) is 31.2 Å². The van der Waals surface area contributed by atoms with Crippen LogP contribution in [0.2, 0.25) is 0 Å². The Hall–Kier alpha value is 0.363. The number of alkyl halides is 3.